The van der Waals surface area contributed by atoms with Crippen molar-refractivity contribution in [3.8, 4) is 5.75 Å². The van der Waals surface area contributed by atoms with Crippen molar-refractivity contribution < 1.29 is 18.8 Å². The van der Waals surface area contributed by atoms with Gasteiger partial charge in [-0.15, -0.1) is 5.10 Å². The number of furan rings is 1. The normalized spacial score (nSPS) is 11.2. The molecule has 8 heteroatoms. The average Bonchev–Trinajstić information content (AvgIpc) is 3.32. The van der Waals surface area contributed by atoms with Crippen molar-refractivity contribution in [3.63, 3.8) is 0 Å². The molecule has 0 aliphatic heterocycles. The van der Waals surface area contributed by atoms with E-state index in [1.807, 2.05) is 54.6 Å². The molecule has 144 valence electrons. The predicted octanol–water partition coefficient (Wildman–Crippen LogP) is 3.41. The number of para-hydroxylation sites is 2. The Balaban J connectivity index is 1.38. The van der Waals surface area contributed by atoms with Crippen molar-refractivity contribution in [3.05, 3.63) is 60.7 Å². The maximum Gasteiger partial charge on any atom is 0.265 e. The van der Waals surface area contributed by atoms with Crippen molar-refractivity contribution >= 4 is 44.6 Å². The molecular formula is C21H16N4O4. The van der Waals surface area contributed by atoms with Gasteiger partial charge in [-0.05, 0) is 29.5 Å². The predicted molar refractivity (Wildman–Crippen MR) is 108 cm³/mol. The fourth-order valence-corrected chi connectivity index (χ4v) is 3.27. The number of amides is 1. The summed E-state index contributed by atoms with van der Waals surface area (Å²) in [6.07, 6.45) is 0. The summed E-state index contributed by atoms with van der Waals surface area (Å²) in [6, 6.07) is 18.7. The Morgan fingerprint density at radius 2 is 1.90 bits per heavy atom. The summed E-state index contributed by atoms with van der Waals surface area (Å²) in [5.74, 6) is 0.168. The number of carbonyl (C=O) groups is 1. The molecule has 2 aromatic heterocycles. The van der Waals surface area contributed by atoms with Crippen LogP contribution in [0.3, 0.4) is 0 Å². The molecule has 0 radical (unpaired) electrons. The van der Waals surface area contributed by atoms with Gasteiger partial charge in [0.05, 0.1) is 12.8 Å². The molecule has 1 amide bonds. The molecule has 8 nitrogen and oxygen atoms in total. The monoisotopic (exact) mass is 388 g/mol. The van der Waals surface area contributed by atoms with Crippen LogP contribution in [0.15, 0.2) is 65.1 Å². The van der Waals surface area contributed by atoms with Gasteiger partial charge in [-0.25, -0.2) is 0 Å². The molecule has 0 aliphatic rings. The summed E-state index contributed by atoms with van der Waals surface area (Å²) in [6.45, 7) is -0.241. The first-order chi connectivity index (χ1) is 14.2. The van der Waals surface area contributed by atoms with Crippen LogP contribution in [0.2, 0.25) is 0 Å². The first-order valence-electron chi connectivity index (χ1n) is 8.96. The van der Waals surface area contributed by atoms with E-state index < -0.39 is 0 Å². The van der Waals surface area contributed by atoms with Crippen LogP contribution in [-0.4, -0.2) is 34.8 Å². The number of fused-ring (bicyclic) bond motifs is 4. The van der Waals surface area contributed by atoms with Crippen LogP contribution in [0.1, 0.15) is 0 Å². The van der Waals surface area contributed by atoms with Crippen molar-refractivity contribution in [1.82, 2.24) is 15.2 Å². The van der Waals surface area contributed by atoms with Crippen LogP contribution < -0.4 is 14.9 Å². The Morgan fingerprint density at radius 3 is 2.79 bits per heavy atom. The Kier molecular flexibility index (Phi) is 4.02. The number of carbonyl (C=O) groups excluding carboxylic acids is 1. The number of ether oxygens (including phenoxy) is 1. The van der Waals surface area contributed by atoms with Gasteiger partial charge < -0.3 is 19.3 Å². The number of hydrogen-bond acceptors (Lipinski definition) is 6. The standard InChI is InChI=1S/C21H16N4O4/c1-27-20-10-14-13-6-2-5-9-18(13)29-19(14)11-16(20)22-21(26)12-28-25-17-8-4-3-7-15(17)23-24-25/h2-11H,12H2,1H3,(H,22,26). The zero-order valence-electron chi connectivity index (χ0n) is 15.5. The van der Waals surface area contributed by atoms with Gasteiger partial charge in [0.25, 0.3) is 5.91 Å². The maximum atomic E-state index is 12.4. The van der Waals surface area contributed by atoms with E-state index in [4.69, 9.17) is 14.0 Å². The van der Waals surface area contributed by atoms with Crippen LogP contribution >= 0.6 is 0 Å². The third kappa shape index (κ3) is 3.00. The second-order valence-electron chi connectivity index (χ2n) is 6.42. The van der Waals surface area contributed by atoms with Crippen molar-refractivity contribution in [2.45, 2.75) is 0 Å². The lowest BCUT2D eigenvalue weighted by Crippen LogP contribution is -2.26. The number of aromatic nitrogens is 3. The molecule has 29 heavy (non-hydrogen) atoms. The molecule has 0 atom stereocenters. The first-order valence-corrected chi connectivity index (χ1v) is 8.96. The molecule has 2 heterocycles. The topological polar surface area (TPSA) is 91.4 Å². The molecule has 5 aromatic rings. The zero-order chi connectivity index (χ0) is 19.8. The van der Waals surface area contributed by atoms with Gasteiger partial charge >= 0.3 is 0 Å². The molecular weight excluding hydrogens is 372 g/mol. The average molecular weight is 388 g/mol. The maximum absolute atomic E-state index is 12.4. The molecule has 0 aliphatic carbocycles. The van der Waals surface area contributed by atoms with E-state index in [1.54, 1.807) is 13.2 Å². The van der Waals surface area contributed by atoms with Gasteiger partial charge in [0.1, 0.15) is 27.9 Å². The van der Waals surface area contributed by atoms with E-state index in [-0.39, 0.29) is 12.5 Å². The van der Waals surface area contributed by atoms with E-state index >= 15 is 0 Å². The number of hydrogen-bond donors (Lipinski definition) is 1. The minimum absolute atomic E-state index is 0.241. The van der Waals surface area contributed by atoms with Crippen LogP contribution in [0.4, 0.5) is 5.69 Å². The highest BCUT2D eigenvalue weighted by Gasteiger charge is 2.15. The van der Waals surface area contributed by atoms with Crippen LogP contribution in [0, 0.1) is 0 Å². The van der Waals surface area contributed by atoms with E-state index in [0.29, 0.717) is 28.1 Å². The number of nitrogens with zero attached hydrogens (tertiary/aromatic N) is 3. The summed E-state index contributed by atoms with van der Waals surface area (Å²) < 4.78 is 11.3. The Labute approximate surface area is 164 Å². The molecule has 0 saturated heterocycles. The second-order valence-corrected chi connectivity index (χ2v) is 6.42. The number of benzene rings is 3. The summed E-state index contributed by atoms with van der Waals surface area (Å²) >= 11 is 0. The van der Waals surface area contributed by atoms with Gasteiger partial charge in [0.15, 0.2) is 6.61 Å². The molecule has 0 saturated carbocycles. The lowest BCUT2D eigenvalue weighted by molar-refractivity contribution is -0.121. The molecule has 0 bridgehead atoms. The fourth-order valence-electron chi connectivity index (χ4n) is 3.27. The smallest absolute Gasteiger partial charge is 0.265 e. The number of nitrogens with one attached hydrogen (secondary N) is 1. The summed E-state index contributed by atoms with van der Waals surface area (Å²) in [4.78, 5) is 19.1. The molecule has 5 rings (SSSR count). The number of rotatable bonds is 5. The minimum Gasteiger partial charge on any atom is -0.495 e. The third-order valence-corrected chi connectivity index (χ3v) is 4.61. The van der Waals surface area contributed by atoms with E-state index in [2.05, 4.69) is 15.6 Å². The molecule has 0 spiro atoms. The highest BCUT2D eigenvalue weighted by Crippen LogP contribution is 2.36. The van der Waals surface area contributed by atoms with Gasteiger partial charge in [-0.3, -0.25) is 4.79 Å². The molecule has 3 aromatic carbocycles. The highest BCUT2D eigenvalue weighted by molar-refractivity contribution is 6.07. The van der Waals surface area contributed by atoms with Crippen molar-refractivity contribution in [2.75, 3.05) is 19.0 Å². The largest absolute Gasteiger partial charge is 0.495 e. The minimum atomic E-state index is -0.363. The summed E-state index contributed by atoms with van der Waals surface area (Å²) in [5.41, 5.74) is 3.29. The lowest BCUT2D eigenvalue weighted by atomic mass is 10.1. The van der Waals surface area contributed by atoms with Crippen LogP contribution in [0.25, 0.3) is 33.0 Å². The SMILES string of the molecule is COc1cc2c(cc1NC(=O)COn1nnc3ccccc31)oc1ccccc12. The Bertz CT molecular complexity index is 1360. The molecule has 0 fully saturated rings. The van der Waals surface area contributed by atoms with Gasteiger partial charge in [-0.2, -0.15) is 0 Å². The Hall–Kier alpha value is -4.07. The fraction of sp³-hybridized carbons (Fsp3) is 0.0952. The summed E-state index contributed by atoms with van der Waals surface area (Å²) in [7, 11) is 1.55. The van der Waals surface area contributed by atoms with Gasteiger partial charge in [0.2, 0.25) is 0 Å². The second kappa shape index (κ2) is 6.83. The van der Waals surface area contributed by atoms with Gasteiger partial charge in [0, 0.05) is 16.8 Å². The van der Waals surface area contributed by atoms with Crippen molar-refractivity contribution in [1.29, 1.82) is 0 Å². The first kappa shape index (κ1) is 17.1. The lowest BCUT2D eigenvalue weighted by Gasteiger charge is -2.11. The number of anilines is 1. The van der Waals surface area contributed by atoms with Crippen LogP contribution in [-0.2, 0) is 4.79 Å². The van der Waals surface area contributed by atoms with E-state index in [9.17, 15) is 4.79 Å². The molecule has 1 N–H and O–H groups in total. The Morgan fingerprint density at radius 1 is 1.07 bits per heavy atom. The molecule has 0 unspecified atom stereocenters. The van der Waals surface area contributed by atoms with Crippen molar-refractivity contribution in [2.24, 2.45) is 0 Å². The third-order valence-electron chi connectivity index (χ3n) is 4.61. The quantitative estimate of drug-likeness (QED) is 0.496. The highest BCUT2D eigenvalue weighted by atomic mass is 16.7. The zero-order valence-corrected chi connectivity index (χ0v) is 15.5. The van der Waals surface area contributed by atoms with Crippen LogP contribution in [0.5, 0.6) is 5.75 Å². The van der Waals surface area contributed by atoms with Gasteiger partial charge in [-0.1, -0.05) is 35.2 Å². The summed E-state index contributed by atoms with van der Waals surface area (Å²) in [5, 5.41) is 12.6. The van der Waals surface area contributed by atoms with E-state index in [1.165, 1.54) is 4.85 Å². The van der Waals surface area contributed by atoms with E-state index in [0.717, 1.165) is 16.4 Å². The number of methoxy groups -OCH3 is 1.